The van der Waals surface area contributed by atoms with Crippen LogP contribution in [0.2, 0.25) is 0 Å². The molecule has 2 aliphatic rings. The number of ether oxygens (including phenoxy) is 1. The number of hydrogen-bond donors (Lipinski definition) is 3. The number of nitrogens with zero attached hydrogens (tertiary/aromatic N) is 3. The lowest BCUT2D eigenvalue weighted by atomic mass is 9.74. The Balaban J connectivity index is 1.60. The molecule has 2 heterocycles. The van der Waals surface area contributed by atoms with Crippen LogP contribution in [0.1, 0.15) is 36.6 Å². The molecule has 1 saturated carbocycles. The van der Waals surface area contributed by atoms with Crippen molar-refractivity contribution in [3.05, 3.63) is 65.7 Å². The van der Waals surface area contributed by atoms with Crippen LogP contribution in [-0.4, -0.2) is 67.6 Å². The van der Waals surface area contributed by atoms with Crippen LogP contribution in [0.25, 0.3) is 16.8 Å². The minimum atomic E-state index is -3.02. The van der Waals surface area contributed by atoms with Gasteiger partial charge >= 0.3 is 5.97 Å². The standard InChI is InChI=1S/C28H32F3N3O5S/c1-39-27(36)23-16-28(30,31)11-10-22(23)26-25(24(17-35)34(32-26)21-8-4-19(29)5-9-21)18-2-6-20(7-3-18)33-12-14-40(37,38)15-13-33/h2-9,22-23,35,37-38H,10-17H2,1H3. The number of alkyl halides is 2. The molecule has 0 spiro atoms. The molecule has 8 nitrogen and oxygen atoms in total. The van der Waals surface area contributed by atoms with Gasteiger partial charge in [0.15, 0.2) is 0 Å². The molecule has 0 amide bonds. The van der Waals surface area contributed by atoms with Gasteiger partial charge < -0.3 is 14.7 Å². The second-order valence-corrected chi connectivity index (χ2v) is 12.8. The van der Waals surface area contributed by atoms with Gasteiger partial charge in [-0.2, -0.15) is 15.7 Å². The Bertz CT molecular complexity index is 1350. The van der Waals surface area contributed by atoms with Gasteiger partial charge in [0.2, 0.25) is 5.92 Å². The zero-order valence-electron chi connectivity index (χ0n) is 22.0. The maximum Gasteiger partial charge on any atom is 0.309 e. The first-order valence-electron chi connectivity index (χ1n) is 13.0. The SMILES string of the molecule is COC(=O)C1CC(F)(F)CCC1c1nn(-c2ccc(F)cc2)c(CO)c1-c1ccc(N2CCS(O)(O)CC2)cc1. The number of aliphatic hydroxyl groups excluding tert-OH is 1. The first kappa shape index (κ1) is 28.5. The van der Waals surface area contributed by atoms with Gasteiger partial charge in [0, 0.05) is 43.1 Å². The summed E-state index contributed by atoms with van der Waals surface area (Å²) in [5.41, 5.74) is 3.30. The van der Waals surface area contributed by atoms with Crippen molar-refractivity contribution in [2.75, 3.05) is 36.6 Å². The molecule has 3 N–H and O–H groups in total. The molecule has 3 aromatic rings. The molecule has 2 unspecified atom stereocenters. The molecule has 0 bridgehead atoms. The van der Waals surface area contributed by atoms with Crippen molar-refractivity contribution >= 4 is 22.2 Å². The minimum absolute atomic E-state index is 0.0106. The number of halogens is 3. The van der Waals surface area contributed by atoms with E-state index >= 15 is 0 Å². The highest BCUT2D eigenvalue weighted by atomic mass is 32.3. The number of rotatable bonds is 6. The van der Waals surface area contributed by atoms with Crippen molar-refractivity contribution in [3.63, 3.8) is 0 Å². The molecule has 12 heteroatoms. The van der Waals surface area contributed by atoms with Crippen LogP contribution in [0.5, 0.6) is 0 Å². The fourth-order valence-corrected chi connectivity index (χ4v) is 6.90. The Morgan fingerprint density at radius 1 is 1.07 bits per heavy atom. The molecular formula is C28H32F3N3O5S. The van der Waals surface area contributed by atoms with Crippen LogP contribution in [0.4, 0.5) is 18.9 Å². The lowest BCUT2D eigenvalue weighted by molar-refractivity contribution is -0.154. The van der Waals surface area contributed by atoms with Crippen LogP contribution >= 0.6 is 10.6 Å². The molecular weight excluding hydrogens is 547 g/mol. The van der Waals surface area contributed by atoms with E-state index in [1.807, 2.05) is 29.2 Å². The number of benzene rings is 2. The van der Waals surface area contributed by atoms with Gasteiger partial charge in [-0.25, -0.2) is 17.9 Å². The van der Waals surface area contributed by atoms with Crippen molar-refractivity contribution in [2.24, 2.45) is 5.92 Å². The predicted octanol–water partition coefficient (Wildman–Crippen LogP) is 5.43. The molecule has 0 radical (unpaired) electrons. The monoisotopic (exact) mass is 579 g/mol. The zero-order valence-corrected chi connectivity index (χ0v) is 22.8. The number of aliphatic hydroxyl groups is 1. The largest absolute Gasteiger partial charge is 0.469 e. The van der Waals surface area contributed by atoms with Crippen molar-refractivity contribution < 1.29 is 36.9 Å². The third-order valence-electron chi connectivity index (χ3n) is 7.81. The van der Waals surface area contributed by atoms with Crippen molar-refractivity contribution in [2.45, 2.75) is 37.7 Å². The molecule has 5 rings (SSSR count). The first-order valence-corrected chi connectivity index (χ1v) is 14.9. The van der Waals surface area contributed by atoms with Crippen LogP contribution in [-0.2, 0) is 16.1 Å². The van der Waals surface area contributed by atoms with E-state index < -0.39 is 59.6 Å². The van der Waals surface area contributed by atoms with Crippen LogP contribution in [0.3, 0.4) is 0 Å². The number of esters is 1. The summed E-state index contributed by atoms with van der Waals surface area (Å²) >= 11 is 0. The summed E-state index contributed by atoms with van der Waals surface area (Å²) in [6.45, 7) is 0.542. The van der Waals surface area contributed by atoms with E-state index in [2.05, 4.69) is 0 Å². The summed E-state index contributed by atoms with van der Waals surface area (Å²) in [5, 5.41) is 15.2. The summed E-state index contributed by atoms with van der Waals surface area (Å²) < 4.78 is 68.8. The van der Waals surface area contributed by atoms with E-state index in [1.165, 1.54) is 36.1 Å². The molecule has 2 atom stereocenters. The zero-order chi connectivity index (χ0) is 28.7. The Labute approximate surface area is 231 Å². The Morgan fingerprint density at radius 2 is 1.70 bits per heavy atom. The lowest BCUT2D eigenvalue weighted by Gasteiger charge is -2.41. The summed E-state index contributed by atoms with van der Waals surface area (Å²) in [6, 6.07) is 13.0. The fourth-order valence-electron chi connectivity index (χ4n) is 5.67. The van der Waals surface area contributed by atoms with E-state index in [-0.39, 0.29) is 6.42 Å². The van der Waals surface area contributed by atoms with E-state index in [0.717, 1.165) is 5.69 Å². The number of carbonyl (C=O) groups excluding carboxylic acids is 1. The van der Waals surface area contributed by atoms with Crippen molar-refractivity contribution in [1.82, 2.24) is 9.78 Å². The fraction of sp³-hybridized carbons (Fsp3) is 0.429. The smallest absolute Gasteiger partial charge is 0.309 e. The highest BCUT2D eigenvalue weighted by molar-refractivity contribution is 8.24. The normalized spacial score (nSPS) is 23.0. The van der Waals surface area contributed by atoms with Crippen molar-refractivity contribution in [1.29, 1.82) is 0 Å². The predicted molar refractivity (Wildman–Crippen MR) is 147 cm³/mol. The van der Waals surface area contributed by atoms with Crippen LogP contribution in [0, 0.1) is 11.7 Å². The van der Waals surface area contributed by atoms with E-state index in [9.17, 15) is 32.2 Å². The number of methoxy groups -OCH3 is 1. The Morgan fingerprint density at radius 3 is 2.30 bits per heavy atom. The molecule has 40 heavy (non-hydrogen) atoms. The topological polar surface area (TPSA) is 108 Å². The van der Waals surface area contributed by atoms with E-state index in [1.54, 1.807) is 0 Å². The second-order valence-electron chi connectivity index (χ2n) is 10.3. The molecule has 216 valence electrons. The molecule has 1 aliphatic carbocycles. The van der Waals surface area contributed by atoms with Gasteiger partial charge in [0.25, 0.3) is 0 Å². The molecule has 1 aliphatic heterocycles. The van der Waals surface area contributed by atoms with Crippen LogP contribution < -0.4 is 4.90 Å². The maximum absolute atomic E-state index is 14.4. The molecule has 1 saturated heterocycles. The average Bonchev–Trinajstić information content (AvgIpc) is 3.32. The van der Waals surface area contributed by atoms with Gasteiger partial charge in [0.05, 0.1) is 48.2 Å². The molecule has 1 aromatic heterocycles. The second kappa shape index (κ2) is 11.1. The Kier molecular flexibility index (Phi) is 7.88. The molecule has 2 fully saturated rings. The van der Waals surface area contributed by atoms with Gasteiger partial charge in [0.1, 0.15) is 5.82 Å². The highest BCUT2D eigenvalue weighted by Crippen LogP contribution is 2.48. The summed E-state index contributed by atoms with van der Waals surface area (Å²) in [6.07, 6.45) is -1.10. The number of aromatic nitrogens is 2. The van der Waals surface area contributed by atoms with E-state index in [4.69, 9.17) is 9.84 Å². The number of hydrogen-bond acceptors (Lipinski definition) is 7. The van der Waals surface area contributed by atoms with Gasteiger partial charge in [-0.3, -0.25) is 13.9 Å². The van der Waals surface area contributed by atoms with Gasteiger partial charge in [-0.15, -0.1) is 0 Å². The lowest BCUT2D eigenvalue weighted by Crippen LogP contribution is -2.38. The van der Waals surface area contributed by atoms with Gasteiger partial charge in [-0.1, -0.05) is 12.1 Å². The summed E-state index contributed by atoms with van der Waals surface area (Å²) in [5.74, 6) is -5.46. The first-order chi connectivity index (χ1) is 19.0. The quantitative estimate of drug-likeness (QED) is 0.334. The van der Waals surface area contributed by atoms with Gasteiger partial charge in [-0.05, 0) is 48.4 Å². The number of anilines is 1. The Hall–Kier alpha value is -3.06. The minimum Gasteiger partial charge on any atom is -0.469 e. The molecule has 2 aromatic carbocycles. The average molecular weight is 580 g/mol. The van der Waals surface area contributed by atoms with Crippen LogP contribution in [0.15, 0.2) is 48.5 Å². The number of carbonyl (C=O) groups is 1. The third-order valence-corrected chi connectivity index (χ3v) is 9.48. The van der Waals surface area contributed by atoms with Crippen molar-refractivity contribution in [3.8, 4) is 16.8 Å². The summed E-state index contributed by atoms with van der Waals surface area (Å²) in [7, 11) is -1.38. The highest BCUT2D eigenvalue weighted by Gasteiger charge is 2.47. The maximum atomic E-state index is 14.4. The third kappa shape index (κ3) is 5.71. The van der Waals surface area contributed by atoms with E-state index in [0.29, 0.717) is 52.8 Å². The summed E-state index contributed by atoms with van der Waals surface area (Å²) in [4.78, 5) is 14.7.